The topological polar surface area (TPSA) is 85.7 Å². The van der Waals surface area contributed by atoms with E-state index in [9.17, 15) is 9.59 Å². The van der Waals surface area contributed by atoms with Crippen LogP contribution in [0.25, 0.3) is 10.9 Å². The molecule has 0 aliphatic carbocycles. The largest absolute Gasteiger partial charge is 0.368 e. The summed E-state index contributed by atoms with van der Waals surface area (Å²) in [7, 11) is 0. The van der Waals surface area contributed by atoms with Crippen molar-refractivity contribution in [2.75, 3.05) is 31.1 Å². The lowest BCUT2D eigenvalue weighted by Gasteiger charge is -2.34. The van der Waals surface area contributed by atoms with E-state index < -0.39 is 5.91 Å². The maximum atomic E-state index is 12.9. The average molecular weight is 407 g/mol. The predicted molar refractivity (Wildman–Crippen MR) is 118 cm³/mol. The Labute approximate surface area is 175 Å². The Balaban J connectivity index is 1.56. The number of hydrogen-bond acceptors (Lipinski definition) is 4. The highest BCUT2D eigenvalue weighted by Crippen LogP contribution is 2.22. The van der Waals surface area contributed by atoms with Crippen LogP contribution < -0.4 is 21.1 Å². The maximum absolute atomic E-state index is 12.9. The third-order valence-corrected chi connectivity index (χ3v) is 6.05. The Hall–Kier alpha value is -3.19. The molecule has 2 heterocycles. The summed E-state index contributed by atoms with van der Waals surface area (Å²) in [5.41, 5.74) is 9.79. The Bertz CT molecular complexity index is 1150. The summed E-state index contributed by atoms with van der Waals surface area (Å²) in [5.74, 6) is 0.0814. The van der Waals surface area contributed by atoms with Gasteiger partial charge in [-0.15, -0.1) is 0 Å². The molecule has 0 unspecified atom stereocenters. The molecule has 0 radical (unpaired) electrons. The van der Waals surface area contributed by atoms with Gasteiger partial charge in [0.1, 0.15) is 13.1 Å². The normalized spacial score (nSPS) is 14.9. The number of benzene rings is 2. The fourth-order valence-corrected chi connectivity index (χ4v) is 4.21. The molecule has 30 heavy (non-hydrogen) atoms. The summed E-state index contributed by atoms with van der Waals surface area (Å²) in [6.07, 6.45) is 0. The minimum Gasteiger partial charge on any atom is -0.368 e. The van der Waals surface area contributed by atoms with Crippen molar-refractivity contribution in [3.05, 3.63) is 69.8 Å². The number of rotatable bonds is 5. The van der Waals surface area contributed by atoms with Gasteiger partial charge in [0, 0.05) is 5.69 Å². The molecule has 1 aliphatic heterocycles. The molecule has 2 aromatic carbocycles. The van der Waals surface area contributed by atoms with Crippen molar-refractivity contribution in [2.45, 2.75) is 26.9 Å². The summed E-state index contributed by atoms with van der Waals surface area (Å²) < 4.78 is 1.44. The second-order valence-electron chi connectivity index (χ2n) is 8.04. The van der Waals surface area contributed by atoms with Crippen molar-refractivity contribution in [3.63, 3.8) is 0 Å². The van der Waals surface area contributed by atoms with Gasteiger partial charge in [-0.3, -0.25) is 14.2 Å². The molecule has 3 aromatic rings. The van der Waals surface area contributed by atoms with E-state index in [1.807, 2.05) is 12.1 Å². The van der Waals surface area contributed by atoms with E-state index in [4.69, 9.17) is 10.7 Å². The number of aryl methyl sites for hydroxylation is 1. The van der Waals surface area contributed by atoms with E-state index in [0.717, 1.165) is 26.2 Å². The van der Waals surface area contributed by atoms with Gasteiger partial charge < -0.3 is 15.5 Å². The first-order valence-electron chi connectivity index (χ1n) is 10.4. The van der Waals surface area contributed by atoms with E-state index in [1.54, 1.807) is 12.1 Å². The van der Waals surface area contributed by atoms with Crippen molar-refractivity contribution in [2.24, 2.45) is 5.73 Å². The summed E-state index contributed by atoms with van der Waals surface area (Å²) in [4.78, 5) is 33.0. The zero-order valence-electron chi connectivity index (χ0n) is 17.5. The summed E-state index contributed by atoms with van der Waals surface area (Å²) >= 11 is 0. The maximum Gasteiger partial charge on any atom is 0.262 e. The van der Waals surface area contributed by atoms with Crippen LogP contribution in [-0.2, 0) is 17.9 Å². The Morgan fingerprint density at radius 3 is 2.57 bits per heavy atom. The molecule has 0 saturated carbocycles. The van der Waals surface area contributed by atoms with Gasteiger partial charge in [-0.05, 0) is 43.2 Å². The number of piperazine rings is 1. The first-order valence-corrected chi connectivity index (χ1v) is 10.4. The van der Waals surface area contributed by atoms with Crippen LogP contribution >= 0.6 is 0 Å². The van der Waals surface area contributed by atoms with Gasteiger partial charge >= 0.3 is 0 Å². The first kappa shape index (κ1) is 20.1. The molecular weight excluding hydrogens is 378 g/mol. The van der Waals surface area contributed by atoms with E-state index in [0.29, 0.717) is 23.3 Å². The lowest BCUT2D eigenvalue weighted by atomic mass is 10.1. The molecule has 1 amide bonds. The third kappa shape index (κ3) is 3.93. The SMILES string of the molecule is Cc1cccc(N2CC[NH+](Cc3nc4ccccc4c(=O)n3CC(N)=O)CC2)c1C. The van der Waals surface area contributed by atoms with Crippen LogP contribution in [0.2, 0.25) is 0 Å². The zero-order chi connectivity index (χ0) is 21.3. The number of aromatic nitrogens is 2. The molecule has 7 nitrogen and oxygen atoms in total. The number of carbonyl (C=O) groups is 1. The van der Waals surface area contributed by atoms with Crippen molar-refractivity contribution >= 4 is 22.5 Å². The minimum absolute atomic E-state index is 0.145. The van der Waals surface area contributed by atoms with Crippen molar-refractivity contribution in [1.82, 2.24) is 9.55 Å². The minimum atomic E-state index is -0.537. The van der Waals surface area contributed by atoms with Gasteiger partial charge in [0.25, 0.3) is 5.56 Å². The van der Waals surface area contributed by atoms with Crippen molar-refractivity contribution in [1.29, 1.82) is 0 Å². The number of nitrogens with two attached hydrogens (primary N) is 1. The molecule has 0 spiro atoms. The number of nitrogens with one attached hydrogen (secondary N) is 1. The molecule has 4 rings (SSSR count). The molecule has 0 bridgehead atoms. The summed E-state index contributed by atoms with van der Waals surface area (Å²) in [6.45, 7) is 8.51. The number of primary amides is 1. The lowest BCUT2D eigenvalue weighted by Crippen LogP contribution is -3.13. The number of carbonyl (C=O) groups excluding carboxylic acids is 1. The van der Waals surface area contributed by atoms with Crippen molar-refractivity contribution < 1.29 is 9.69 Å². The highest BCUT2D eigenvalue weighted by atomic mass is 16.2. The van der Waals surface area contributed by atoms with Gasteiger partial charge in [0.2, 0.25) is 5.91 Å². The molecule has 1 aromatic heterocycles. The van der Waals surface area contributed by atoms with Gasteiger partial charge in [-0.1, -0.05) is 24.3 Å². The molecule has 1 aliphatic rings. The smallest absolute Gasteiger partial charge is 0.262 e. The van der Waals surface area contributed by atoms with E-state index in [-0.39, 0.29) is 12.1 Å². The molecule has 1 fully saturated rings. The quantitative estimate of drug-likeness (QED) is 0.643. The number of anilines is 1. The Kier molecular flexibility index (Phi) is 5.55. The lowest BCUT2D eigenvalue weighted by molar-refractivity contribution is -0.915. The fraction of sp³-hybridized carbons (Fsp3) is 0.348. The zero-order valence-corrected chi connectivity index (χ0v) is 17.5. The predicted octanol–water partition coefficient (Wildman–Crippen LogP) is 0.404. The average Bonchev–Trinajstić information content (AvgIpc) is 2.73. The highest BCUT2D eigenvalue weighted by Gasteiger charge is 2.24. The summed E-state index contributed by atoms with van der Waals surface area (Å²) in [5, 5.41) is 0.511. The molecule has 0 atom stereocenters. The van der Waals surface area contributed by atoms with Crippen LogP contribution in [0.3, 0.4) is 0 Å². The summed E-state index contributed by atoms with van der Waals surface area (Å²) in [6, 6.07) is 13.7. The van der Waals surface area contributed by atoms with Crippen LogP contribution in [0.5, 0.6) is 0 Å². The van der Waals surface area contributed by atoms with Gasteiger partial charge in [-0.25, -0.2) is 4.98 Å². The number of nitrogens with zero attached hydrogens (tertiary/aromatic N) is 3. The number of amides is 1. The Morgan fingerprint density at radius 2 is 1.83 bits per heavy atom. The number of para-hydroxylation sites is 1. The fourth-order valence-electron chi connectivity index (χ4n) is 4.21. The Morgan fingerprint density at radius 1 is 1.10 bits per heavy atom. The standard InChI is InChI=1S/C23H27N5O2/c1-16-6-5-9-20(17(16)2)27-12-10-26(11-13-27)15-22-25-19-8-4-3-7-18(19)23(30)28(22)14-21(24)29/h3-9H,10-15H2,1-2H3,(H2,24,29)/p+1. The number of fused-ring (bicyclic) bond motifs is 1. The van der Waals surface area contributed by atoms with Gasteiger partial charge in [0.05, 0.1) is 37.1 Å². The molecule has 3 N–H and O–H groups in total. The van der Waals surface area contributed by atoms with Crippen LogP contribution in [0, 0.1) is 13.8 Å². The van der Waals surface area contributed by atoms with Crippen molar-refractivity contribution in [3.8, 4) is 0 Å². The van der Waals surface area contributed by atoms with Crippen LogP contribution in [0.4, 0.5) is 5.69 Å². The second-order valence-corrected chi connectivity index (χ2v) is 8.04. The van der Waals surface area contributed by atoms with Gasteiger partial charge in [0.15, 0.2) is 5.82 Å². The number of quaternary nitrogens is 1. The van der Waals surface area contributed by atoms with Gasteiger partial charge in [-0.2, -0.15) is 0 Å². The van der Waals surface area contributed by atoms with E-state index in [1.165, 1.54) is 26.3 Å². The van der Waals surface area contributed by atoms with Crippen LogP contribution in [0.15, 0.2) is 47.3 Å². The molecule has 156 valence electrons. The van der Waals surface area contributed by atoms with Crippen LogP contribution in [0.1, 0.15) is 17.0 Å². The second kappa shape index (κ2) is 8.28. The number of hydrogen-bond donors (Lipinski definition) is 2. The first-order chi connectivity index (χ1) is 14.4. The highest BCUT2D eigenvalue weighted by molar-refractivity contribution is 5.78. The monoisotopic (exact) mass is 406 g/mol. The van der Waals surface area contributed by atoms with E-state index >= 15 is 0 Å². The van der Waals surface area contributed by atoms with Crippen LogP contribution in [-0.4, -0.2) is 41.6 Å². The molecule has 7 heteroatoms. The third-order valence-electron chi connectivity index (χ3n) is 6.05. The molecular formula is C23H28N5O2+. The molecule has 1 saturated heterocycles. The van der Waals surface area contributed by atoms with E-state index in [2.05, 4.69) is 36.9 Å².